The van der Waals surface area contributed by atoms with Gasteiger partial charge in [-0.3, -0.25) is 14.5 Å². The Morgan fingerprint density at radius 2 is 1.61 bits per heavy atom. The van der Waals surface area contributed by atoms with E-state index in [-0.39, 0.29) is 11.8 Å². The van der Waals surface area contributed by atoms with Crippen molar-refractivity contribution in [2.24, 2.45) is 0 Å². The number of nitrogens with zero attached hydrogens (tertiary/aromatic N) is 3. The number of amides is 2. The zero-order valence-electron chi connectivity index (χ0n) is 16.8. The molecule has 1 aromatic carbocycles. The fourth-order valence-corrected chi connectivity index (χ4v) is 3.65. The summed E-state index contributed by atoms with van der Waals surface area (Å²) in [5.74, 6) is 1.39. The average molecular weight is 390 g/mol. The lowest BCUT2D eigenvalue weighted by Crippen LogP contribution is -2.50. The summed E-state index contributed by atoms with van der Waals surface area (Å²) in [6.07, 6.45) is 0.545. The van der Waals surface area contributed by atoms with Crippen LogP contribution >= 0.6 is 0 Å². The Kier molecular flexibility index (Phi) is 7.11. The number of rotatable bonds is 6. The van der Waals surface area contributed by atoms with E-state index >= 15 is 0 Å². The van der Waals surface area contributed by atoms with Crippen LogP contribution in [0.3, 0.4) is 0 Å². The maximum Gasteiger partial charge on any atom is 0.254 e. The zero-order chi connectivity index (χ0) is 19.9. The molecule has 3 rings (SSSR count). The van der Waals surface area contributed by atoms with Crippen LogP contribution in [0.25, 0.3) is 0 Å². The molecule has 8 nitrogen and oxygen atoms in total. The molecule has 2 amide bonds. The number of methoxy groups -OCH3 is 2. The van der Waals surface area contributed by atoms with Crippen LogP contribution < -0.4 is 14.8 Å². The van der Waals surface area contributed by atoms with E-state index < -0.39 is 0 Å². The summed E-state index contributed by atoms with van der Waals surface area (Å²) in [5, 5.41) is 3.26. The third kappa shape index (κ3) is 4.94. The smallest absolute Gasteiger partial charge is 0.254 e. The van der Waals surface area contributed by atoms with Crippen molar-refractivity contribution in [2.75, 3.05) is 73.1 Å². The molecular weight excluding hydrogens is 360 g/mol. The first kappa shape index (κ1) is 20.4. The van der Waals surface area contributed by atoms with Crippen molar-refractivity contribution < 1.29 is 19.1 Å². The molecule has 0 bridgehead atoms. The molecule has 0 atom stereocenters. The van der Waals surface area contributed by atoms with Crippen LogP contribution in [0.4, 0.5) is 0 Å². The molecule has 0 aliphatic carbocycles. The van der Waals surface area contributed by atoms with E-state index in [1.165, 1.54) is 0 Å². The highest BCUT2D eigenvalue weighted by Crippen LogP contribution is 2.28. The molecule has 1 N–H and O–H groups in total. The van der Waals surface area contributed by atoms with Crippen molar-refractivity contribution in [1.29, 1.82) is 0 Å². The van der Waals surface area contributed by atoms with Crippen LogP contribution in [0.5, 0.6) is 11.5 Å². The fourth-order valence-electron chi connectivity index (χ4n) is 3.65. The van der Waals surface area contributed by atoms with Crippen LogP contribution in [0, 0.1) is 0 Å². The van der Waals surface area contributed by atoms with E-state index in [1.807, 2.05) is 9.80 Å². The van der Waals surface area contributed by atoms with E-state index in [0.29, 0.717) is 36.6 Å². The van der Waals surface area contributed by atoms with E-state index in [9.17, 15) is 9.59 Å². The van der Waals surface area contributed by atoms with Crippen molar-refractivity contribution in [3.63, 3.8) is 0 Å². The molecule has 2 heterocycles. The quantitative estimate of drug-likeness (QED) is 0.752. The van der Waals surface area contributed by atoms with Crippen LogP contribution in [-0.4, -0.2) is 99.6 Å². The number of ether oxygens (including phenoxy) is 2. The van der Waals surface area contributed by atoms with Crippen molar-refractivity contribution in [2.45, 2.75) is 6.42 Å². The Morgan fingerprint density at radius 3 is 2.25 bits per heavy atom. The first-order chi connectivity index (χ1) is 13.6. The molecule has 1 aromatic rings. The number of carbonyl (C=O) groups excluding carboxylic acids is 2. The lowest BCUT2D eigenvalue weighted by atomic mass is 10.1. The zero-order valence-corrected chi connectivity index (χ0v) is 16.8. The van der Waals surface area contributed by atoms with E-state index in [4.69, 9.17) is 9.47 Å². The second-order valence-corrected chi connectivity index (χ2v) is 7.08. The summed E-state index contributed by atoms with van der Waals surface area (Å²) < 4.78 is 10.5. The monoisotopic (exact) mass is 390 g/mol. The van der Waals surface area contributed by atoms with Gasteiger partial charge in [0.2, 0.25) is 5.91 Å². The third-order valence-electron chi connectivity index (χ3n) is 5.40. The molecule has 2 aliphatic heterocycles. The van der Waals surface area contributed by atoms with Crippen molar-refractivity contribution in [1.82, 2.24) is 20.0 Å². The Hall–Kier alpha value is -2.32. The van der Waals surface area contributed by atoms with Gasteiger partial charge in [-0.2, -0.15) is 0 Å². The Labute approximate surface area is 166 Å². The van der Waals surface area contributed by atoms with Crippen molar-refractivity contribution >= 4 is 11.8 Å². The first-order valence-electron chi connectivity index (χ1n) is 9.84. The summed E-state index contributed by atoms with van der Waals surface area (Å²) in [6, 6.07) is 5.24. The minimum Gasteiger partial charge on any atom is -0.493 e. The molecule has 154 valence electrons. The van der Waals surface area contributed by atoms with Crippen LogP contribution in [0.2, 0.25) is 0 Å². The first-order valence-corrected chi connectivity index (χ1v) is 9.84. The summed E-state index contributed by atoms with van der Waals surface area (Å²) >= 11 is 0. The highest BCUT2D eigenvalue weighted by atomic mass is 16.5. The van der Waals surface area contributed by atoms with Gasteiger partial charge in [-0.15, -0.1) is 0 Å². The number of carbonyl (C=O) groups is 2. The largest absolute Gasteiger partial charge is 0.493 e. The van der Waals surface area contributed by atoms with Gasteiger partial charge in [0.1, 0.15) is 0 Å². The number of nitrogens with one attached hydrogen (secondary N) is 1. The maximum atomic E-state index is 12.8. The highest BCUT2D eigenvalue weighted by molar-refractivity contribution is 5.95. The molecular formula is C20H30N4O4. The van der Waals surface area contributed by atoms with Crippen LogP contribution in [0.1, 0.15) is 16.8 Å². The molecule has 0 aromatic heterocycles. The lowest BCUT2D eigenvalue weighted by molar-refractivity contribution is -0.132. The maximum absolute atomic E-state index is 12.8. The minimum absolute atomic E-state index is 0.00232. The van der Waals surface area contributed by atoms with Gasteiger partial charge in [0.15, 0.2) is 11.5 Å². The third-order valence-corrected chi connectivity index (χ3v) is 5.40. The Morgan fingerprint density at radius 1 is 0.929 bits per heavy atom. The molecule has 8 heteroatoms. The van der Waals surface area contributed by atoms with Gasteiger partial charge in [0, 0.05) is 70.9 Å². The predicted molar refractivity (Wildman–Crippen MR) is 106 cm³/mol. The molecule has 28 heavy (non-hydrogen) atoms. The average Bonchev–Trinajstić information content (AvgIpc) is 2.77. The van der Waals surface area contributed by atoms with Gasteiger partial charge >= 0.3 is 0 Å². The Balaban J connectivity index is 1.47. The van der Waals surface area contributed by atoms with Crippen molar-refractivity contribution in [3.8, 4) is 11.5 Å². The second kappa shape index (κ2) is 9.75. The summed E-state index contributed by atoms with van der Waals surface area (Å²) in [5.41, 5.74) is 0.597. The summed E-state index contributed by atoms with van der Waals surface area (Å²) in [4.78, 5) is 31.1. The van der Waals surface area contributed by atoms with Crippen LogP contribution in [0.15, 0.2) is 18.2 Å². The molecule has 0 unspecified atom stereocenters. The van der Waals surface area contributed by atoms with Crippen LogP contribution in [-0.2, 0) is 4.79 Å². The highest BCUT2D eigenvalue weighted by Gasteiger charge is 2.24. The second-order valence-electron chi connectivity index (χ2n) is 7.08. The molecule has 2 aliphatic rings. The van der Waals surface area contributed by atoms with Gasteiger partial charge < -0.3 is 24.6 Å². The standard InChI is InChI=1S/C20H30N4O4/c1-27-17-4-3-16(15-18(17)28-2)20(26)24-13-11-22(12-14-24)8-5-19(25)23-9-6-21-7-10-23/h3-4,15,21H,5-14H2,1-2H3. The van der Waals surface area contributed by atoms with Gasteiger partial charge in [0.05, 0.1) is 14.2 Å². The molecule has 2 saturated heterocycles. The summed E-state index contributed by atoms with van der Waals surface area (Å²) in [6.45, 7) is 7.00. The normalized spacial score (nSPS) is 18.1. The van der Waals surface area contributed by atoms with Gasteiger partial charge in [-0.25, -0.2) is 0 Å². The van der Waals surface area contributed by atoms with Gasteiger partial charge in [-0.1, -0.05) is 0 Å². The number of hydrogen-bond acceptors (Lipinski definition) is 6. The lowest BCUT2D eigenvalue weighted by Gasteiger charge is -2.35. The van der Waals surface area contributed by atoms with E-state index in [0.717, 1.165) is 45.8 Å². The predicted octanol–water partition coefficient (Wildman–Crippen LogP) is 0.284. The SMILES string of the molecule is COc1ccc(C(=O)N2CCN(CCC(=O)N3CCNCC3)CC2)cc1OC. The van der Waals surface area contributed by atoms with Crippen molar-refractivity contribution in [3.05, 3.63) is 23.8 Å². The molecule has 0 spiro atoms. The van der Waals surface area contributed by atoms with E-state index in [2.05, 4.69) is 10.2 Å². The van der Waals surface area contributed by atoms with E-state index in [1.54, 1.807) is 32.4 Å². The fraction of sp³-hybridized carbons (Fsp3) is 0.600. The Bertz CT molecular complexity index is 683. The van der Waals surface area contributed by atoms with Gasteiger partial charge in [0.25, 0.3) is 5.91 Å². The summed E-state index contributed by atoms with van der Waals surface area (Å²) in [7, 11) is 3.14. The minimum atomic E-state index is -0.00232. The molecule has 0 radical (unpaired) electrons. The number of piperazine rings is 2. The number of hydrogen-bond donors (Lipinski definition) is 1. The molecule has 0 saturated carbocycles. The van der Waals surface area contributed by atoms with Gasteiger partial charge in [-0.05, 0) is 18.2 Å². The molecule has 2 fully saturated rings. The number of benzene rings is 1. The topological polar surface area (TPSA) is 74.4 Å².